The highest BCUT2D eigenvalue weighted by Crippen LogP contribution is 2.23. The molecule has 0 aliphatic heterocycles. The zero-order valence-corrected chi connectivity index (χ0v) is 11.6. The van der Waals surface area contributed by atoms with E-state index in [-0.39, 0.29) is 0 Å². The second-order valence-electron chi connectivity index (χ2n) is 3.96. The molecular weight excluding hydrogens is 260 g/mol. The number of nitrogens with one attached hydrogen (secondary N) is 1. The van der Waals surface area contributed by atoms with Crippen LogP contribution in [0.5, 0.6) is 5.75 Å². The normalized spacial score (nSPS) is 9.95. The van der Waals surface area contributed by atoms with Crippen molar-refractivity contribution in [1.82, 2.24) is 9.59 Å². The van der Waals surface area contributed by atoms with Crippen molar-refractivity contribution in [3.8, 4) is 11.8 Å². The number of benzene rings is 1. The number of nitrogens with zero attached hydrogens (tertiary/aromatic N) is 3. The van der Waals surface area contributed by atoms with Crippen molar-refractivity contribution < 1.29 is 4.74 Å². The van der Waals surface area contributed by atoms with Crippen molar-refractivity contribution in [3.63, 3.8) is 0 Å². The second kappa shape index (κ2) is 6.16. The van der Waals surface area contributed by atoms with Crippen LogP contribution in [-0.2, 0) is 6.61 Å². The highest BCUT2D eigenvalue weighted by molar-refractivity contribution is 7.10. The lowest BCUT2D eigenvalue weighted by atomic mass is 10.1. The first-order valence-electron chi connectivity index (χ1n) is 5.93. The SMILES string of the molecule is CCNc1snnc1COc1cc(C#N)ccc1C. The van der Waals surface area contributed by atoms with Gasteiger partial charge in [-0.2, -0.15) is 5.26 Å². The third-order valence-corrected chi connectivity index (χ3v) is 3.30. The van der Waals surface area contributed by atoms with E-state index in [1.807, 2.05) is 19.9 Å². The van der Waals surface area contributed by atoms with Gasteiger partial charge in [0.1, 0.15) is 23.1 Å². The molecule has 0 fully saturated rings. The Morgan fingerprint density at radius 3 is 3.05 bits per heavy atom. The zero-order chi connectivity index (χ0) is 13.7. The van der Waals surface area contributed by atoms with Gasteiger partial charge in [-0.15, -0.1) is 5.10 Å². The van der Waals surface area contributed by atoms with E-state index in [2.05, 4.69) is 21.0 Å². The molecule has 0 bridgehead atoms. The van der Waals surface area contributed by atoms with Crippen LogP contribution in [-0.4, -0.2) is 16.1 Å². The van der Waals surface area contributed by atoms with Crippen molar-refractivity contribution >= 4 is 16.5 Å². The molecule has 1 heterocycles. The minimum Gasteiger partial charge on any atom is -0.487 e. The first kappa shape index (κ1) is 13.3. The Balaban J connectivity index is 2.10. The van der Waals surface area contributed by atoms with Gasteiger partial charge in [0.05, 0.1) is 11.6 Å². The fraction of sp³-hybridized carbons (Fsp3) is 0.308. The van der Waals surface area contributed by atoms with E-state index >= 15 is 0 Å². The van der Waals surface area contributed by atoms with Gasteiger partial charge in [0.15, 0.2) is 0 Å². The summed E-state index contributed by atoms with van der Waals surface area (Å²) in [6, 6.07) is 7.49. The molecule has 0 radical (unpaired) electrons. The van der Waals surface area contributed by atoms with E-state index in [1.165, 1.54) is 11.5 Å². The number of rotatable bonds is 5. The minimum atomic E-state index is 0.342. The molecule has 0 saturated carbocycles. The lowest BCUT2D eigenvalue weighted by Gasteiger charge is -2.09. The van der Waals surface area contributed by atoms with E-state index in [0.29, 0.717) is 17.9 Å². The average molecular weight is 274 g/mol. The molecule has 2 rings (SSSR count). The molecule has 0 spiro atoms. The van der Waals surface area contributed by atoms with Gasteiger partial charge in [0, 0.05) is 18.1 Å². The summed E-state index contributed by atoms with van der Waals surface area (Å²) in [5, 5.41) is 17.0. The minimum absolute atomic E-state index is 0.342. The lowest BCUT2D eigenvalue weighted by Crippen LogP contribution is -2.03. The van der Waals surface area contributed by atoms with Crippen LogP contribution >= 0.6 is 11.5 Å². The average Bonchev–Trinajstić information content (AvgIpc) is 2.86. The maximum absolute atomic E-state index is 8.88. The summed E-state index contributed by atoms with van der Waals surface area (Å²) in [5.74, 6) is 0.703. The number of hydrogen-bond donors (Lipinski definition) is 1. The molecule has 0 aliphatic carbocycles. The third kappa shape index (κ3) is 3.20. The Hall–Kier alpha value is -2.13. The fourth-order valence-corrected chi connectivity index (χ4v) is 2.20. The van der Waals surface area contributed by atoms with Crippen LogP contribution in [0.3, 0.4) is 0 Å². The van der Waals surface area contributed by atoms with Gasteiger partial charge < -0.3 is 10.1 Å². The molecule has 0 aliphatic rings. The number of aryl methyl sites for hydroxylation is 1. The second-order valence-corrected chi connectivity index (χ2v) is 4.71. The Kier molecular flexibility index (Phi) is 4.31. The van der Waals surface area contributed by atoms with Crippen molar-refractivity contribution in [1.29, 1.82) is 5.26 Å². The van der Waals surface area contributed by atoms with Crippen molar-refractivity contribution in [2.45, 2.75) is 20.5 Å². The van der Waals surface area contributed by atoms with Crippen LogP contribution in [0.15, 0.2) is 18.2 Å². The summed E-state index contributed by atoms with van der Waals surface area (Å²) in [4.78, 5) is 0. The van der Waals surface area contributed by atoms with Gasteiger partial charge in [0.2, 0.25) is 0 Å². The standard InChI is InChI=1S/C13H14N4OS/c1-3-15-13-11(16-17-19-13)8-18-12-6-10(7-14)5-4-9(12)2/h4-6,15H,3,8H2,1-2H3. The summed E-state index contributed by atoms with van der Waals surface area (Å²) in [6.07, 6.45) is 0. The highest BCUT2D eigenvalue weighted by Gasteiger charge is 2.09. The van der Waals surface area contributed by atoms with Gasteiger partial charge in [0.25, 0.3) is 0 Å². The number of nitriles is 1. The number of anilines is 1. The first-order valence-corrected chi connectivity index (χ1v) is 6.70. The van der Waals surface area contributed by atoms with Gasteiger partial charge in [-0.3, -0.25) is 0 Å². The van der Waals surface area contributed by atoms with Gasteiger partial charge in [-0.25, -0.2) is 0 Å². The van der Waals surface area contributed by atoms with Gasteiger partial charge in [-0.1, -0.05) is 10.6 Å². The molecular formula is C13H14N4OS. The van der Waals surface area contributed by atoms with Crippen LogP contribution in [0.4, 0.5) is 5.00 Å². The monoisotopic (exact) mass is 274 g/mol. The maximum Gasteiger partial charge on any atom is 0.136 e. The van der Waals surface area contributed by atoms with Gasteiger partial charge in [-0.05, 0) is 31.5 Å². The molecule has 0 amide bonds. The predicted molar refractivity (Wildman–Crippen MR) is 74.3 cm³/mol. The highest BCUT2D eigenvalue weighted by atomic mass is 32.1. The van der Waals surface area contributed by atoms with Crippen LogP contribution < -0.4 is 10.1 Å². The first-order chi connectivity index (χ1) is 9.24. The number of ether oxygens (including phenoxy) is 1. The smallest absolute Gasteiger partial charge is 0.136 e. The molecule has 0 atom stereocenters. The zero-order valence-electron chi connectivity index (χ0n) is 10.8. The van der Waals surface area contributed by atoms with E-state index in [0.717, 1.165) is 22.8 Å². The summed E-state index contributed by atoms with van der Waals surface area (Å²) >= 11 is 1.32. The van der Waals surface area contributed by atoms with Crippen molar-refractivity contribution in [2.75, 3.05) is 11.9 Å². The molecule has 1 N–H and O–H groups in total. The van der Waals surface area contributed by atoms with Crippen LogP contribution in [0.25, 0.3) is 0 Å². The topological polar surface area (TPSA) is 70.8 Å². The Morgan fingerprint density at radius 2 is 2.32 bits per heavy atom. The van der Waals surface area contributed by atoms with Crippen molar-refractivity contribution in [3.05, 3.63) is 35.0 Å². The van der Waals surface area contributed by atoms with E-state index in [9.17, 15) is 0 Å². The molecule has 2 aromatic rings. The third-order valence-electron chi connectivity index (χ3n) is 2.57. The predicted octanol–water partition coefficient (Wildman–Crippen LogP) is 2.73. The lowest BCUT2D eigenvalue weighted by molar-refractivity contribution is 0.299. The largest absolute Gasteiger partial charge is 0.487 e. The summed E-state index contributed by atoms with van der Waals surface area (Å²) in [6.45, 7) is 5.13. The Morgan fingerprint density at radius 1 is 1.47 bits per heavy atom. The van der Waals surface area contributed by atoms with Crippen LogP contribution in [0.1, 0.15) is 23.7 Å². The quantitative estimate of drug-likeness (QED) is 0.907. The number of hydrogen-bond acceptors (Lipinski definition) is 6. The van der Waals surface area contributed by atoms with E-state index < -0.39 is 0 Å². The summed E-state index contributed by atoms with van der Waals surface area (Å²) in [7, 11) is 0. The summed E-state index contributed by atoms with van der Waals surface area (Å²) < 4.78 is 9.63. The van der Waals surface area contributed by atoms with Crippen LogP contribution in [0, 0.1) is 18.3 Å². The molecule has 6 heteroatoms. The Bertz CT molecular complexity index is 603. The molecule has 19 heavy (non-hydrogen) atoms. The molecule has 98 valence electrons. The van der Waals surface area contributed by atoms with Gasteiger partial charge >= 0.3 is 0 Å². The summed E-state index contributed by atoms with van der Waals surface area (Å²) in [5.41, 5.74) is 2.37. The molecule has 1 aromatic carbocycles. The molecule has 0 saturated heterocycles. The Labute approximate surface area is 116 Å². The molecule has 0 unspecified atom stereocenters. The van der Waals surface area contributed by atoms with Crippen molar-refractivity contribution in [2.24, 2.45) is 0 Å². The van der Waals surface area contributed by atoms with Crippen LogP contribution in [0.2, 0.25) is 0 Å². The maximum atomic E-state index is 8.88. The van der Waals surface area contributed by atoms with E-state index in [1.54, 1.807) is 12.1 Å². The molecule has 5 nitrogen and oxygen atoms in total. The molecule has 1 aromatic heterocycles. The number of aromatic nitrogens is 2. The van der Waals surface area contributed by atoms with E-state index in [4.69, 9.17) is 10.00 Å². The fourth-order valence-electron chi connectivity index (χ4n) is 1.57.